The van der Waals surface area contributed by atoms with E-state index in [0.717, 1.165) is 5.56 Å². The normalized spacial score (nSPS) is 13.2. The molecule has 0 amide bonds. The zero-order chi connectivity index (χ0) is 17.0. The molecule has 1 atom stereocenters. The molecule has 0 saturated heterocycles. The molecular formula is C21H19PS2. The minimum atomic E-state index is -2.04. The average Bonchev–Trinajstić information content (AvgIpc) is 2.64. The zero-order valence-electron chi connectivity index (χ0n) is 13.6. The molecule has 0 aromatic heterocycles. The van der Waals surface area contributed by atoms with Crippen LogP contribution in [0.1, 0.15) is 11.1 Å². The summed E-state index contributed by atoms with van der Waals surface area (Å²) < 4.78 is 0. The zero-order valence-corrected chi connectivity index (χ0v) is 16.1. The van der Waals surface area contributed by atoms with E-state index in [1.54, 1.807) is 0 Å². The quantitative estimate of drug-likeness (QED) is 0.525. The van der Waals surface area contributed by atoms with Crippen LogP contribution in [0.5, 0.6) is 0 Å². The summed E-state index contributed by atoms with van der Waals surface area (Å²) in [6.07, 6.45) is 1.91. The van der Waals surface area contributed by atoms with Crippen molar-refractivity contribution < 1.29 is 0 Å². The largest absolute Gasteiger partial charge is 0.0984 e. The van der Waals surface area contributed by atoms with E-state index >= 15 is 0 Å². The van der Waals surface area contributed by atoms with Gasteiger partial charge in [-0.25, -0.2) is 0 Å². The van der Waals surface area contributed by atoms with Crippen molar-refractivity contribution in [2.45, 2.75) is 11.8 Å². The van der Waals surface area contributed by atoms with Crippen molar-refractivity contribution in [1.29, 1.82) is 0 Å². The van der Waals surface area contributed by atoms with Crippen LogP contribution in [-0.4, -0.2) is 0 Å². The Kier molecular flexibility index (Phi) is 5.40. The molecule has 0 aliphatic rings. The van der Waals surface area contributed by atoms with Gasteiger partial charge in [-0.3, -0.25) is 0 Å². The first-order valence-corrected chi connectivity index (χ1v) is 12.0. The first kappa shape index (κ1) is 17.2. The van der Waals surface area contributed by atoms with E-state index in [0.29, 0.717) is 0 Å². The summed E-state index contributed by atoms with van der Waals surface area (Å²) in [7, 11) is 0. The van der Waals surface area contributed by atoms with E-state index in [-0.39, 0.29) is 0 Å². The molecular weight excluding hydrogens is 347 g/mol. The van der Waals surface area contributed by atoms with E-state index < -0.39 is 5.24 Å². The lowest BCUT2D eigenvalue weighted by Crippen LogP contribution is -2.15. The lowest BCUT2D eigenvalue weighted by atomic mass is 10.2. The third-order valence-corrected chi connectivity index (χ3v) is 11.1. The van der Waals surface area contributed by atoms with Crippen molar-refractivity contribution in [3.05, 3.63) is 96.6 Å². The third-order valence-electron chi connectivity index (χ3n) is 3.82. The SMILES string of the molecule is C=Cc1ccccc1P(=S)(Sc1ccc(C)cc1)c1ccccc1. The molecule has 3 rings (SSSR count). The summed E-state index contributed by atoms with van der Waals surface area (Å²) in [5.74, 6) is 0. The molecule has 0 bridgehead atoms. The molecule has 3 aromatic rings. The molecule has 0 radical (unpaired) electrons. The molecule has 0 spiro atoms. The molecule has 24 heavy (non-hydrogen) atoms. The molecule has 0 aliphatic heterocycles. The number of rotatable bonds is 5. The van der Waals surface area contributed by atoms with Crippen molar-refractivity contribution >= 4 is 45.1 Å². The molecule has 0 N–H and O–H groups in total. The minimum absolute atomic E-state index is 1.13. The number of benzene rings is 3. The average molecular weight is 366 g/mol. The van der Waals surface area contributed by atoms with Gasteiger partial charge in [-0.1, -0.05) is 108 Å². The van der Waals surface area contributed by atoms with Gasteiger partial charge in [0.05, 0.1) is 5.24 Å². The van der Waals surface area contributed by atoms with Crippen molar-refractivity contribution in [1.82, 2.24) is 0 Å². The highest BCUT2D eigenvalue weighted by Crippen LogP contribution is 2.60. The number of hydrogen-bond donors (Lipinski definition) is 0. The Balaban J connectivity index is 2.16. The Morgan fingerprint density at radius 3 is 2.17 bits per heavy atom. The van der Waals surface area contributed by atoms with E-state index in [9.17, 15) is 0 Å². The van der Waals surface area contributed by atoms with Crippen LogP contribution in [-0.2, 0) is 11.8 Å². The summed E-state index contributed by atoms with van der Waals surface area (Å²) in [5.41, 5.74) is 2.39. The van der Waals surface area contributed by atoms with Gasteiger partial charge < -0.3 is 0 Å². The van der Waals surface area contributed by atoms with Crippen molar-refractivity contribution in [2.24, 2.45) is 0 Å². The highest BCUT2D eigenvalue weighted by Gasteiger charge is 2.25. The Morgan fingerprint density at radius 2 is 1.50 bits per heavy atom. The second-order valence-electron chi connectivity index (χ2n) is 5.55. The van der Waals surface area contributed by atoms with Gasteiger partial charge in [0.25, 0.3) is 0 Å². The lowest BCUT2D eigenvalue weighted by molar-refractivity contribution is 1.38. The molecule has 0 aliphatic carbocycles. The van der Waals surface area contributed by atoms with Crippen LogP contribution in [0.25, 0.3) is 6.08 Å². The van der Waals surface area contributed by atoms with E-state index in [1.165, 1.54) is 21.1 Å². The van der Waals surface area contributed by atoms with E-state index in [2.05, 4.69) is 80.2 Å². The van der Waals surface area contributed by atoms with Gasteiger partial charge in [0.2, 0.25) is 0 Å². The Morgan fingerprint density at radius 1 is 0.875 bits per heavy atom. The van der Waals surface area contributed by atoms with Crippen LogP contribution in [0.2, 0.25) is 0 Å². The maximum absolute atomic E-state index is 6.33. The number of hydrogen-bond acceptors (Lipinski definition) is 2. The maximum Gasteiger partial charge on any atom is 0.0664 e. The second kappa shape index (κ2) is 7.53. The predicted octanol–water partition coefficient (Wildman–Crippen LogP) is 5.78. The Labute approximate surface area is 153 Å². The first-order chi connectivity index (χ1) is 11.6. The highest BCUT2D eigenvalue weighted by molar-refractivity contribution is 8.75. The maximum atomic E-state index is 6.33. The topological polar surface area (TPSA) is 0 Å². The third kappa shape index (κ3) is 3.57. The van der Waals surface area contributed by atoms with Crippen molar-refractivity contribution in [3.63, 3.8) is 0 Å². The molecule has 0 nitrogen and oxygen atoms in total. The fourth-order valence-electron chi connectivity index (χ4n) is 2.54. The fourth-order valence-corrected chi connectivity index (χ4v) is 9.30. The first-order valence-electron chi connectivity index (χ1n) is 7.77. The molecule has 0 fully saturated rings. The van der Waals surface area contributed by atoms with Gasteiger partial charge >= 0.3 is 0 Å². The molecule has 3 aromatic carbocycles. The summed E-state index contributed by atoms with van der Waals surface area (Å²) in [5, 5.41) is 0.400. The fraction of sp³-hybridized carbons (Fsp3) is 0.0476. The van der Waals surface area contributed by atoms with Crippen LogP contribution >= 0.6 is 16.6 Å². The highest BCUT2D eigenvalue weighted by atomic mass is 32.9. The molecule has 3 heteroatoms. The van der Waals surface area contributed by atoms with Gasteiger partial charge in [0.15, 0.2) is 0 Å². The van der Waals surface area contributed by atoms with Crippen LogP contribution < -0.4 is 10.6 Å². The molecule has 0 heterocycles. The monoisotopic (exact) mass is 366 g/mol. The summed E-state index contributed by atoms with van der Waals surface area (Å²) in [6.45, 7) is 6.09. The van der Waals surface area contributed by atoms with E-state index in [4.69, 9.17) is 11.8 Å². The van der Waals surface area contributed by atoms with Gasteiger partial charge in [-0.15, -0.1) is 0 Å². The Hall–Kier alpha value is -1.60. The number of aryl methyl sites for hydroxylation is 1. The van der Waals surface area contributed by atoms with Crippen molar-refractivity contribution in [2.75, 3.05) is 0 Å². The van der Waals surface area contributed by atoms with E-state index in [1.807, 2.05) is 29.6 Å². The smallest absolute Gasteiger partial charge is 0.0664 e. The standard InChI is InChI=1S/C21H19PS2/c1-3-18-9-7-8-12-21(18)22(23,19-10-5-4-6-11-19)24-20-15-13-17(2)14-16-20/h3-16H,1H2,2H3. The summed E-state index contributed by atoms with van der Waals surface area (Å²) in [6, 6.07) is 27.5. The molecule has 1 unspecified atom stereocenters. The summed E-state index contributed by atoms with van der Waals surface area (Å²) in [4.78, 5) is 1.21. The van der Waals surface area contributed by atoms with Gasteiger partial charge in [0, 0.05) is 10.2 Å². The van der Waals surface area contributed by atoms with Crippen LogP contribution in [0.3, 0.4) is 0 Å². The van der Waals surface area contributed by atoms with Gasteiger partial charge in [0.1, 0.15) is 0 Å². The molecule has 0 saturated carbocycles. The second-order valence-corrected chi connectivity index (χ2v) is 12.8. The molecule has 120 valence electrons. The van der Waals surface area contributed by atoms with Crippen LogP contribution in [0.4, 0.5) is 0 Å². The van der Waals surface area contributed by atoms with Crippen LogP contribution in [0.15, 0.2) is 90.3 Å². The predicted molar refractivity (Wildman–Crippen MR) is 114 cm³/mol. The van der Waals surface area contributed by atoms with Gasteiger partial charge in [-0.05, 0) is 29.9 Å². The van der Waals surface area contributed by atoms with Gasteiger partial charge in [-0.2, -0.15) is 0 Å². The minimum Gasteiger partial charge on any atom is -0.0984 e. The lowest BCUT2D eigenvalue weighted by Gasteiger charge is -2.24. The van der Waals surface area contributed by atoms with Crippen LogP contribution in [0, 0.1) is 6.92 Å². The van der Waals surface area contributed by atoms with Crippen molar-refractivity contribution in [3.8, 4) is 0 Å². The Bertz CT molecular complexity index is 883. The summed E-state index contributed by atoms with van der Waals surface area (Å²) >= 11 is 8.14.